The molecule has 1 N–H and O–H groups in total. The van der Waals surface area contributed by atoms with Crippen LogP contribution >= 0.6 is 0 Å². The summed E-state index contributed by atoms with van der Waals surface area (Å²) < 4.78 is 4.93. The molecule has 0 amide bonds. The Morgan fingerprint density at radius 1 is 1.50 bits per heavy atom. The van der Waals surface area contributed by atoms with Crippen molar-refractivity contribution < 1.29 is 14.3 Å². The standard InChI is InChI=1S/C8H9NO3/c1-2-12-8-6(11)4-3-5(10)7(8)9/h3-4,8-9H,2H2,1H3. The van der Waals surface area contributed by atoms with Crippen molar-refractivity contribution >= 4 is 17.3 Å². The van der Waals surface area contributed by atoms with Crippen molar-refractivity contribution in [1.29, 1.82) is 5.41 Å². The smallest absolute Gasteiger partial charge is 0.202 e. The van der Waals surface area contributed by atoms with E-state index < -0.39 is 11.9 Å². The van der Waals surface area contributed by atoms with Crippen LogP contribution in [-0.4, -0.2) is 30.0 Å². The van der Waals surface area contributed by atoms with E-state index in [1.54, 1.807) is 6.92 Å². The first-order valence-corrected chi connectivity index (χ1v) is 3.63. The number of carbonyl (C=O) groups is 2. The quantitative estimate of drug-likeness (QED) is 0.635. The van der Waals surface area contributed by atoms with Gasteiger partial charge in [-0.1, -0.05) is 0 Å². The number of hydrogen-bond donors (Lipinski definition) is 1. The van der Waals surface area contributed by atoms with Crippen LogP contribution in [0.25, 0.3) is 0 Å². The van der Waals surface area contributed by atoms with Crippen molar-refractivity contribution in [1.82, 2.24) is 0 Å². The Kier molecular flexibility index (Phi) is 2.50. The minimum atomic E-state index is -0.979. The lowest BCUT2D eigenvalue weighted by atomic mass is 10.00. The second kappa shape index (κ2) is 3.40. The minimum absolute atomic E-state index is 0.274. The fraction of sp³-hybridized carbons (Fsp3) is 0.375. The van der Waals surface area contributed by atoms with Gasteiger partial charge in [-0.3, -0.25) is 15.0 Å². The maximum absolute atomic E-state index is 11.0. The van der Waals surface area contributed by atoms with E-state index in [2.05, 4.69) is 0 Å². The van der Waals surface area contributed by atoms with Gasteiger partial charge in [0.25, 0.3) is 0 Å². The van der Waals surface area contributed by atoms with Crippen LogP contribution < -0.4 is 0 Å². The average molecular weight is 167 g/mol. The van der Waals surface area contributed by atoms with Crippen LogP contribution in [0.15, 0.2) is 12.2 Å². The summed E-state index contributed by atoms with van der Waals surface area (Å²) >= 11 is 0. The number of ketones is 2. The number of rotatable bonds is 2. The van der Waals surface area contributed by atoms with Crippen molar-refractivity contribution in [3.63, 3.8) is 0 Å². The Balaban J connectivity index is 2.85. The zero-order chi connectivity index (χ0) is 9.14. The Labute approximate surface area is 69.7 Å². The van der Waals surface area contributed by atoms with Gasteiger partial charge in [-0.25, -0.2) is 0 Å². The molecule has 0 saturated heterocycles. The molecule has 0 bridgehead atoms. The van der Waals surface area contributed by atoms with Crippen molar-refractivity contribution in [3.8, 4) is 0 Å². The first kappa shape index (κ1) is 8.80. The highest BCUT2D eigenvalue weighted by molar-refractivity contribution is 6.50. The molecule has 1 aliphatic rings. The van der Waals surface area contributed by atoms with Gasteiger partial charge < -0.3 is 4.74 Å². The number of carbonyl (C=O) groups excluding carboxylic acids is 2. The van der Waals surface area contributed by atoms with Crippen molar-refractivity contribution in [3.05, 3.63) is 12.2 Å². The van der Waals surface area contributed by atoms with Gasteiger partial charge in [0.1, 0.15) is 5.71 Å². The molecule has 12 heavy (non-hydrogen) atoms. The topological polar surface area (TPSA) is 67.2 Å². The highest BCUT2D eigenvalue weighted by Crippen LogP contribution is 2.05. The van der Waals surface area contributed by atoms with Gasteiger partial charge in [0.05, 0.1) is 0 Å². The molecule has 1 aliphatic carbocycles. The molecule has 0 radical (unpaired) electrons. The second-order valence-corrected chi connectivity index (χ2v) is 2.35. The molecule has 0 heterocycles. The van der Waals surface area contributed by atoms with Crippen LogP contribution in [0.4, 0.5) is 0 Å². The molecule has 0 fully saturated rings. The molecule has 0 aromatic heterocycles. The summed E-state index contributed by atoms with van der Waals surface area (Å²) in [6.07, 6.45) is 1.27. The lowest BCUT2D eigenvalue weighted by molar-refractivity contribution is -0.123. The molecule has 0 saturated carbocycles. The molecular weight excluding hydrogens is 158 g/mol. The fourth-order valence-corrected chi connectivity index (χ4v) is 0.939. The highest BCUT2D eigenvalue weighted by atomic mass is 16.5. The van der Waals surface area contributed by atoms with Crippen LogP contribution in [0.2, 0.25) is 0 Å². The highest BCUT2D eigenvalue weighted by Gasteiger charge is 2.29. The van der Waals surface area contributed by atoms with Gasteiger partial charge in [0, 0.05) is 6.61 Å². The number of allylic oxidation sites excluding steroid dienone is 1. The first-order valence-electron chi connectivity index (χ1n) is 3.63. The van der Waals surface area contributed by atoms with Crippen LogP contribution in [-0.2, 0) is 14.3 Å². The zero-order valence-electron chi connectivity index (χ0n) is 6.66. The van der Waals surface area contributed by atoms with E-state index in [0.717, 1.165) is 12.2 Å². The van der Waals surface area contributed by atoms with Crippen LogP contribution in [0.5, 0.6) is 0 Å². The molecule has 1 rings (SSSR count). The molecule has 0 spiro atoms. The van der Waals surface area contributed by atoms with Gasteiger partial charge in [0.2, 0.25) is 5.78 Å². The predicted octanol–water partition coefficient (Wildman–Crippen LogP) is 0.119. The lowest BCUT2D eigenvalue weighted by Gasteiger charge is -2.15. The largest absolute Gasteiger partial charge is 0.364 e. The van der Waals surface area contributed by atoms with Crippen molar-refractivity contribution in [2.45, 2.75) is 13.0 Å². The summed E-state index contributed by atoms with van der Waals surface area (Å²) in [6.45, 7) is 2.03. The normalized spacial score (nSPS) is 23.4. The summed E-state index contributed by atoms with van der Waals surface area (Å²) in [5.41, 5.74) is -0.274. The second-order valence-electron chi connectivity index (χ2n) is 2.35. The Morgan fingerprint density at radius 3 is 2.75 bits per heavy atom. The van der Waals surface area contributed by atoms with Crippen LogP contribution in [0.1, 0.15) is 6.92 Å². The minimum Gasteiger partial charge on any atom is -0.364 e. The van der Waals surface area contributed by atoms with E-state index in [4.69, 9.17) is 10.1 Å². The third-order valence-electron chi connectivity index (χ3n) is 1.52. The third-order valence-corrected chi connectivity index (χ3v) is 1.52. The molecule has 4 nitrogen and oxygen atoms in total. The zero-order valence-corrected chi connectivity index (χ0v) is 6.66. The summed E-state index contributed by atoms with van der Waals surface area (Å²) in [5, 5.41) is 7.24. The number of ether oxygens (including phenoxy) is 1. The third kappa shape index (κ3) is 1.48. The SMILES string of the molecule is CCOC1C(=N)C(=O)C=CC1=O. The summed E-state index contributed by atoms with van der Waals surface area (Å²) in [6, 6.07) is 0. The molecule has 64 valence electrons. The van der Waals surface area contributed by atoms with Crippen LogP contribution in [0.3, 0.4) is 0 Å². The first-order chi connectivity index (χ1) is 5.66. The molecule has 0 aromatic rings. The number of hydrogen-bond acceptors (Lipinski definition) is 4. The van der Waals surface area contributed by atoms with Crippen LogP contribution in [0, 0.1) is 5.41 Å². The van der Waals surface area contributed by atoms with Gasteiger partial charge in [0.15, 0.2) is 11.9 Å². The summed E-state index contributed by atoms with van der Waals surface area (Å²) in [7, 11) is 0. The fourth-order valence-electron chi connectivity index (χ4n) is 0.939. The van der Waals surface area contributed by atoms with E-state index in [9.17, 15) is 9.59 Å². The molecule has 1 atom stereocenters. The summed E-state index contributed by atoms with van der Waals surface area (Å²) in [5.74, 6) is -0.783. The molecule has 1 unspecified atom stereocenters. The van der Waals surface area contributed by atoms with E-state index in [1.807, 2.05) is 0 Å². The number of nitrogens with one attached hydrogen (secondary N) is 1. The maximum Gasteiger partial charge on any atom is 0.202 e. The molecule has 0 aromatic carbocycles. The van der Waals surface area contributed by atoms with E-state index in [1.165, 1.54) is 0 Å². The average Bonchev–Trinajstić information content (AvgIpc) is 2.06. The van der Waals surface area contributed by atoms with Gasteiger partial charge in [-0.05, 0) is 19.1 Å². The lowest BCUT2D eigenvalue weighted by Crippen LogP contribution is -2.38. The Morgan fingerprint density at radius 2 is 2.17 bits per heavy atom. The molecular formula is C8H9NO3. The predicted molar refractivity (Wildman–Crippen MR) is 42.3 cm³/mol. The van der Waals surface area contributed by atoms with E-state index >= 15 is 0 Å². The van der Waals surface area contributed by atoms with Crippen molar-refractivity contribution in [2.75, 3.05) is 6.61 Å². The Hall–Kier alpha value is -1.29. The maximum atomic E-state index is 11.0. The monoisotopic (exact) mass is 167 g/mol. The van der Waals surface area contributed by atoms with Crippen molar-refractivity contribution in [2.24, 2.45) is 0 Å². The van der Waals surface area contributed by atoms with Gasteiger partial charge in [-0.15, -0.1) is 0 Å². The van der Waals surface area contributed by atoms with E-state index in [0.29, 0.717) is 6.61 Å². The van der Waals surface area contributed by atoms with Gasteiger partial charge >= 0.3 is 0 Å². The molecule has 4 heteroatoms. The van der Waals surface area contributed by atoms with Gasteiger partial charge in [-0.2, -0.15) is 0 Å². The summed E-state index contributed by atoms with van der Waals surface area (Å²) in [4.78, 5) is 21.9. The Bertz CT molecular complexity index is 267. The molecule has 0 aliphatic heterocycles. The van der Waals surface area contributed by atoms with E-state index in [-0.39, 0.29) is 11.5 Å².